The summed E-state index contributed by atoms with van der Waals surface area (Å²) in [4.78, 5) is 0. The Balaban J connectivity index is 2.13. The molecule has 2 rings (SSSR count). The third-order valence-electron chi connectivity index (χ3n) is 2.72. The van der Waals surface area contributed by atoms with Gasteiger partial charge < -0.3 is 10.1 Å². The van der Waals surface area contributed by atoms with Gasteiger partial charge in [0, 0.05) is 27.3 Å². The number of anilines is 1. The minimum Gasteiger partial charge on any atom is -0.494 e. The molecule has 0 bridgehead atoms. The van der Waals surface area contributed by atoms with E-state index < -0.39 is 0 Å². The molecule has 0 heterocycles. The van der Waals surface area contributed by atoms with Gasteiger partial charge in [0.05, 0.1) is 11.6 Å². The summed E-state index contributed by atoms with van der Waals surface area (Å²) >= 11 is 15.5. The van der Waals surface area contributed by atoms with Crippen LogP contribution in [-0.2, 0) is 6.54 Å². The molecule has 0 saturated heterocycles. The van der Waals surface area contributed by atoms with Crippen molar-refractivity contribution in [1.82, 2.24) is 0 Å². The molecule has 0 radical (unpaired) electrons. The normalized spacial score (nSPS) is 10.4. The van der Waals surface area contributed by atoms with Crippen molar-refractivity contribution in [2.75, 3.05) is 11.9 Å². The maximum Gasteiger partial charge on any atom is 0.124 e. The summed E-state index contributed by atoms with van der Waals surface area (Å²) in [6.07, 6.45) is 0. The van der Waals surface area contributed by atoms with E-state index in [1.165, 1.54) is 0 Å². The first kappa shape index (κ1) is 15.5. The maximum atomic E-state index is 6.07. The van der Waals surface area contributed by atoms with Crippen molar-refractivity contribution in [1.29, 1.82) is 0 Å². The van der Waals surface area contributed by atoms with Crippen LogP contribution in [0.2, 0.25) is 10.0 Å². The number of hydrogen-bond acceptors (Lipinski definition) is 2. The Bertz CT molecular complexity index is 604. The second-order valence-corrected chi connectivity index (χ2v) is 5.87. The van der Waals surface area contributed by atoms with Gasteiger partial charge in [-0.15, -0.1) is 0 Å². The summed E-state index contributed by atoms with van der Waals surface area (Å²) in [5, 5.41) is 4.68. The van der Waals surface area contributed by atoms with Crippen LogP contribution in [0.3, 0.4) is 0 Å². The van der Waals surface area contributed by atoms with Gasteiger partial charge in [-0.3, -0.25) is 0 Å². The molecule has 0 spiro atoms. The molecule has 106 valence electrons. The molecule has 5 heteroatoms. The average Bonchev–Trinajstić information content (AvgIpc) is 2.43. The molecule has 1 N–H and O–H groups in total. The van der Waals surface area contributed by atoms with Crippen LogP contribution in [-0.4, -0.2) is 6.61 Å². The van der Waals surface area contributed by atoms with E-state index in [-0.39, 0.29) is 0 Å². The molecule has 2 aromatic carbocycles. The fraction of sp³-hybridized carbons (Fsp3) is 0.200. The van der Waals surface area contributed by atoms with Crippen LogP contribution in [0.25, 0.3) is 0 Å². The molecule has 0 amide bonds. The summed E-state index contributed by atoms with van der Waals surface area (Å²) in [6, 6.07) is 11.4. The predicted octanol–water partition coefficient (Wildman–Crippen LogP) is 5.77. The molecule has 0 aliphatic rings. The SMILES string of the molecule is CCOc1ccc(Cl)cc1CNc1ccc(Br)c(Cl)c1. The van der Waals surface area contributed by atoms with Gasteiger partial charge in [-0.05, 0) is 59.3 Å². The van der Waals surface area contributed by atoms with Crippen molar-refractivity contribution >= 4 is 44.8 Å². The molecule has 0 aromatic heterocycles. The standard InChI is InChI=1S/C15H14BrCl2NO/c1-2-20-15-6-3-11(17)7-10(15)9-19-12-4-5-13(16)14(18)8-12/h3-8,19H,2,9H2,1H3. The predicted molar refractivity (Wildman–Crippen MR) is 89.1 cm³/mol. The minimum absolute atomic E-state index is 0.619. The second-order valence-electron chi connectivity index (χ2n) is 4.17. The molecule has 0 unspecified atom stereocenters. The zero-order valence-corrected chi connectivity index (χ0v) is 14.0. The lowest BCUT2D eigenvalue weighted by Gasteiger charge is -2.12. The van der Waals surface area contributed by atoms with E-state index in [1.807, 2.05) is 43.3 Å². The van der Waals surface area contributed by atoms with Gasteiger partial charge in [0.1, 0.15) is 5.75 Å². The van der Waals surface area contributed by atoms with E-state index in [2.05, 4.69) is 21.2 Å². The van der Waals surface area contributed by atoms with E-state index in [0.29, 0.717) is 23.2 Å². The van der Waals surface area contributed by atoms with E-state index in [9.17, 15) is 0 Å². The highest BCUT2D eigenvalue weighted by Crippen LogP contribution is 2.27. The van der Waals surface area contributed by atoms with Crippen molar-refractivity contribution < 1.29 is 4.74 Å². The third-order valence-corrected chi connectivity index (χ3v) is 4.19. The van der Waals surface area contributed by atoms with Gasteiger partial charge in [0.15, 0.2) is 0 Å². The lowest BCUT2D eigenvalue weighted by atomic mass is 10.2. The summed E-state index contributed by atoms with van der Waals surface area (Å²) in [7, 11) is 0. The van der Waals surface area contributed by atoms with Gasteiger partial charge in [-0.1, -0.05) is 23.2 Å². The molecule has 2 aromatic rings. The number of hydrogen-bond donors (Lipinski definition) is 1. The van der Waals surface area contributed by atoms with Gasteiger partial charge in [0.2, 0.25) is 0 Å². The first-order valence-corrected chi connectivity index (χ1v) is 7.75. The van der Waals surface area contributed by atoms with Gasteiger partial charge >= 0.3 is 0 Å². The Morgan fingerprint density at radius 2 is 1.95 bits per heavy atom. The minimum atomic E-state index is 0.619. The molecule has 2 nitrogen and oxygen atoms in total. The quantitative estimate of drug-likeness (QED) is 0.717. The van der Waals surface area contributed by atoms with E-state index in [0.717, 1.165) is 21.5 Å². The zero-order chi connectivity index (χ0) is 14.5. The van der Waals surface area contributed by atoms with Crippen LogP contribution in [0.15, 0.2) is 40.9 Å². The smallest absolute Gasteiger partial charge is 0.124 e. The highest BCUT2D eigenvalue weighted by Gasteiger charge is 2.05. The van der Waals surface area contributed by atoms with Crippen LogP contribution < -0.4 is 10.1 Å². The number of benzene rings is 2. The topological polar surface area (TPSA) is 21.3 Å². The van der Waals surface area contributed by atoms with Crippen molar-refractivity contribution in [3.63, 3.8) is 0 Å². The van der Waals surface area contributed by atoms with Crippen LogP contribution in [0.4, 0.5) is 5.69 Å². The van der Waals surface area contributed by atoms with E-state index in [1.54, 1.807) is 0 Å². The monoisotopic (exact) mass is 373 g/mol. The van der Waals surface area contributed by atoms with Crippen LogP contribution in [0.1, 0.15) is 12.5 Å². The number of rotatable bonds is 5. The van der Waals surface area contributed by atoms with Crippen molar-refractivity contribution in [2.45, 2.75) is 13.5 Å². The molecule has 0 saturated carbocycles. The molecule has 20 heavy (non-hydrogen) atoms. The fourth-order valence-electron chi connectivity index (χ4n) is 1.79. The van der Waals surface area contributed by atoms with Gasteiger partial charge in [0.25, 0.3) is 0 Å². The molecule has 0 aliphatic heterocycles. The summed E-state index contributed by atoms with van der Waals surface area (Å²) in [6.45, 7) is 3.20. The molecule has 0 fully saturated rings. The van der Waals surface area contributed by atoms with Crippen molar-refractivity contribution in [3.8, 4) is 5.75 Å². The summed E-state index contributed by atoms with van der Waals surface area (Å²) in [5.74, 6) is 0.840. The Kier molecular flexibility index (Phi) is 5.58. The average molecular weight is 375 g/mol. The lowest BCUT2D eigenvalue weighted by Crippen LogP contribution is -2.03. The van der Waals surface area contributed by atoms with Crippen LogP contribution in [0, 0.1) is 0 Å². The van der Waals surface area contributed by atoms with Crippen LogP contribution in [0.5, 0.6) is 5.75 Å². The Morgan fingerprint density at radius 1 is 1.15 bits per heavy atom. The summed E-state index contributed by atoms with van der Waals surface area (Å²) in [5.41, 5.74) is 1.96. The first-order chi connectivity index (χ1) is 9.60. The molecular weight excluding hydrogens is 361 g/mol. The van der Waals surface area contributed by atoms with Crippen molar-refractivity contribution in [3.05, 3.63) is 56.5 Å². The zero-order valence-electron chi connectivity index (χ0n) is 10.9. The highest BCUT2D eigenvalue weighted by atomic mass is 79.9. The number of halogens is 3. The summed E-state index contributed by atoms with van der Waals surface area (Å²) < 4.78 is 6.47. The third kappa shape index (κ3) is 4.05. The second kappa shape index (κ2) is 7.21. The number of ether oxygens (including phenoxy) is 1. The first-order valence-electron chi connectivity index (χ1n) is 6.20. The largest absolute Gasteiger partial charge is 0.494 e. The van der Waals surface area contributed by atoms with Crippen LogP contribution >= 0.6 is 39.1 Å². The fourth-order valence-corrected chi connectivity index (χ4v) is 2.41. The van der Waals surface area contributed by atoms with E-state index in [4.69, 9.17) is 27.9 Å². The molecular formula is C15H14BrCl2NO. The Labute approximate surface area is 137 Å². The molecule has 0 atom stereocenters. The van der Waals surface area contributed by atoms with Gasteiger partial charge in [-0.2, -0.15) is 0 Å². The van der Waals surface area contributed by atoms with Gasteiger partial charge in [-0.25, -0.2) is 0 Å². The Hall–Kier alpha value is -0.900. The molecule has 0 aliphatic carbocycles. The maximum absolute atomic E-state index is 6.07. The number of nitrogens with one attached hydrogen (secondary N) is 1. The highest BCUT2D eigenvalue weighted by molar-refractivity contribution is 9.10. The lowest BCUT2D eigenvalue weighted by molar-refractivity contribution is 0.337. The van der Waals surface area contributed by atoms with Crippen molar-refractivity contribution in [2.24, 2.45) is 0 Å². The van der Waals surface area contributed by atoms with E-state index >= 15 is 0 Å². The Morgan fingerprint density at radius 3 is 2.65 bits per heavy atom.